The zero-order valence-electron chi connectivity index (χ0n) is 27.0. The van der Waals surface area contributed by atoms with Gasteiger partial charge in [0.1, 0.15) is 0 Å². The summed E-state index contributed by atoms with van der Waals surface area (Å²) in [4.78, 5) is 30.3. The van der Waals surface area contributed by atoms with Crippen LogP contribution in [0.5, 0.6) is 0 Å². The molecule has 7 nitrogen and oxygen atoms in total. The molecule has 246 valence electrons. The predicted molar refractivity (Wildman–Crippen MR) is 183 cm³/mol. The van der Waals surface area contributed by atoms with Crippen LogP contribution in [0, 0.1) is 0 Å². The van der Waals surface area contributed by atoms with Gasteiger partial charge in [-0.2, -0.15) is 0 Å². The van der Waals surface area contributed by atoms with Gasteiger partial charge in [0.25, 0.3) is 0 Å². The van der Waals surface area contributed by atoms with Crippen LogP contribution in [0.2, 0.25) is 5.02 Å². The molecule has 46 heavy (non-hydrogen) atoms. The SMILES string of the molecule is CCOC(=O)CN1CCC(NC(=O)CC(CCCN2CCC(O)(c3ccc(Cl)cc3)CC2)(c2ccccc2)c2ccccc2)CC1. The molecule has 0 atom stereocenters. The van der Waals surface area contributed by atoms with Gasteiger partial charge in [0.05, 0.1) is 18.8 Å². The van der Waals surface area contributed by atoms with Crippen molar-refractivity contribution in [3.05, 3.63) is 107 Å². The zero-order chi connectivity index (χ0) is 32.4. The minimum absolute atomic E-state index is 0.0579. The topological polar surface area (TPSA) is 82.1 Å². The Labute approximate surface area is 278 Å². The second-order valence-corrected chi connectivity index (χ2v) is 13.3. The number of esters is 1. The molecule has 3 aromatic rings. The third-order valence-electron chi connectivity index (χ3n) is 9.87. The number of carbonyl (C=O) groups excluding carboxylic acids is 2. The average Bonchev–Trinajstić information content (AvgIpc) is 3.07. The highest BCUT2D eigenvalue weighted by molar-refractivity contribution is 6.30. The number of halogens is 1. The maximum Gasteiger partial charge on any atom is 0.320 e. The van der Waals surface area contributed by atoms with E-state index in [4.69, 9.17) is 16.3 Å². The first-order valence-electron chi connectivity index (χ1n) is 16.8. The monoisotopic (exact) mass is 645 g/mol. The van der Waals surface area contributed by atoms with E-state index in [9.17, 15) is 14.7 Å². The minimum Gasteiger partial charge on any atom is -0.465 e. The van der Waals surface area contributed by atoms with Gasteiger partial charge in [-0.15, -0.1) is 0 Å². The summed E-state index contributed by atoms with van der Waals surface area (Å²) in [5, 5.41) is 15.4. The van der Waals surface area contributed by atoms with Gasteiger partial charge in [-0.3, -0.25) is 14.5 Å². The summed E-state index contributed by atoms with van der Waals surface area (Å²) in [6, 6.07) is 28.6. The molecule has 0 saturated carbocycles. The number of nitrogens with one attached hydrogen (secondary N) is 1. The first kappa shape index (κ1) is 34.1. The average molecular weight is 646 g/mol. The Hall–Kier alpha value is -3.23. The van der Waals surface area contributed by atoms with E-state index in [0.717, 1.165) is 75.1 Å². The van der Waals surface area contributed by atoms with E-state index in [2.05, 4.69) is 63.6 Å². The number of rotatable bonds is 13. The van der Waals surface area contributed by atoms with Crippen LogP contribution in [0.3, 0.4) is 0 Å². The fraction of sp³-hybridized carbons (Fsp3) is 0.474. The van der Waals surface area contributed by atoms with Crippen LogP contribution in [-0.4, -0.2) is 78.7 Å². The number of nitrogens with zero attached hydrogens (tertiary/aromatic N) is 2. The van der Waals surface area contributed by atoms with Crippen molar-refractivity contribution in [3.63, 3.8) is 0 Å². The van der Waals surface area contributed by atoms with Crippen molar-refractivity contribution in [2.75, 3.05) is 45.9 Å². The van der Waals surface area contributed by atoms with Crippen LogP contribution in [0.1, 0.15) is 68.6 Å². The molecule has 2 saturated heterocycles. The Balaban J connectivity index is 1.24. The summed E-state index contributed by atoms with van der Waals surface area (Å²) in [6.07, 6.45) is 5.09. The van der Waals surface area contributed by atoms with Gasteiger partial charge < -0.3 is 20.1 Å². The number of hydrogen-bond donors (Lipinski definition) is 2. The lowest BCUT2D eigenvalue weighted by molar-refractivity contribution is -0.144. The molecule has 0 spiro atoms. The highest BCUT2D eigenvalue weighted by Crippen LogP contribution is 2.41. The fourth-order valence-corrected chi connectivity index (χ4v) is 7.37. The van der Waals surface area contributed by atoms with Crippen LogP contribution >= 0.6 is 11.6 Å². The van der Waals surface area contributed by atoms with Crippen LogP contribution in [0.25, 0.3) is 0 Å². The van der Waals surface area contributed by atoms with Crippen LogP contribution in [0.4, 0.5) is 0 Å². The van der Waals surface area contributed by atoms with Crippen molar-refractivity contribution >= 4 is 23.5 Å². The molecular formula is C38H48ClN3O4. The molecule has 2 N–H and O–H groups in total. The maximum absolute atomic E-state index is 13.9. The highest BCUT2D eigenvalue weighted by atomic mass is 35.5. The Bertz CT molecular complexity index is 1350. The van der Waals surface area contributed by atoms with Crippen LogP contribution in [0.15, 0.2) is 84.9 Å². The van der Waals surface area contributed by atoms with Gasteiger partial charge in [-0.1, -0.05) is 84.4 Å². The van der Waals surface area contributed by atoms with E-state index in [1.165, 1.54) is 0 Å². The van der Waals surface area contributed by atoms with E-state index < -0.39 is 11.0 Å². The van der Waals surface area contributed by atoms with Crippen molar-refractivity contribution in [3.8, 4) is 0 Å². The third-order valence-corrected chi connectivity index (χ3v) is 10.1. The molecule has 3 aromatic carbocycles. The second kappa shape index (κ2) is 16.1. The molecule has 0 unspecified atom stereocenters. The van der Waals surface area contributed by atoms with Gasteiger partial charge in [-0.25, -0.2) is 0 Å². The normalized spacial score (nSPS) is 17.8. The van der Waals surface area contributed by atoms with Gasteiger partial charge in [-0.05, 0) is 80.8 Å². The van der Waals surface area contributed by atoms with Crippen molar-refractivity contribution in [1.82, 2.24) is 15.1 Å². The van der Waals surface area contributed by atoms with Crippen molar-refractivity contribution < 1.29 is 19.4 Å². The smallest absolute Gasteiger partial charge is 0.320 e. The molecule has 1 amide bonds. The number of benzene rings is 3. The number of aliphatic hydroxyl groups is 1. The molecule has 2 fully saturated rings. The fourth-order valence-electron chi connectivity index (χ4n) is 7.24. The van der Waals surface area contributed by atoms with E-state index in [1.807, 2.05) is 43.3 Å². The molecule has 5 rings (SSSR count). The minimum atomic E-state index is -0.827. The molecule has 0 aromatic heterocycles. The maximum atomic E-state index is 13.9. The molecular weight excluding hydrogens is 598 g/mol. The summed E-state index contributed by atoms with van der Waals surface area (Å²) >= 11 is 6.08. The van der Waals surface area contributed by atoms with Crippen molar-refractivity contribution in [2.45, 2.75) is 68.9 Å². The lowest BCUT2D eigenvalue weighted by Crippen LogP contribution is -2.47. The third kappa shape index (κ3) is 8.77. The standard InChI is InChI=1S/C38H48ClN3O4/c1-2-46-36(44)29-42-24-18-34(19-25-42)40-35(43)28-37(30-10-5-3-6-11-30,31-12-7-4-8-13-31)20-9-23-41-26-21-38(45,22-27-41)32-14-16-33(39)17-15-32/h3-8,10-17,34,45H,2,9,18-29H2,1H3,(H,40,43). The molecule has 2 aliphatic heterocycles. The largest absolute Gasteiger partial charge is 0.465 e. The number of likely N-dealkylation sites (tertiary alicyclic amines) is 2. The zero-order valence-corrected chi connectivity index (χ0v) is 27.8. The first-order chi connectivity index (χ1) is 22.3. The number of amides is 1. The predicted octanol–water partition coefficient (Wildman–Crippen LogP) is 5.92. The first-order valence-corrected chi connectivity index (χ1v) is 17.2. The number of carbonyl (C=O) groups is 2. The van der Waals surface area contributed by atoms with Gasteiger partial charge >= 0.3 is 5.97 Å². The lowest BCUT2D eigenvalue weighted by Gasteiger charge is -2.40. The quantitative estimate of drug-likeness (QED) is 0.225. The van der Waals surface area contributed by atoms with Crippen molar-refractivity contribution in [2.24, 2.45) is 0 Å². The van der Waals surface area contributed by atoms with E-state index >= 15 is 0 Å². The molecule has 8 heteroatoms. The molecule has 0 aliphatic carbocycles. The number of hydrogen-bond acceptors (Lipinski definition) is 6. The van der Waals surface area contributed by atoms with Crippen LogP contribution in [-0.2, 0) is 25.3 Å². The summed E-state index contributed by atoms with van der Waals surface area (Å²) in [5.74, 6) is -0.134. The van der Waals surface area contributed by atoms with E-state index in [0.29, 0.717) is 37.4 Å². The number of ether oxygens (including phenoxy) is 1. The van der Waals surface area contributed by atoms with E-state index in [-0.39, 0.29) is 17.9 Å². The molecule has 2 aliphatic rings. The summed E-state index contributed by atoms with van der Waals surface area (Å²) in [5.41, 5.74) is 1.93. The summed E-state index contributed by atoms with van der Waals surface area (Å²) in [6.45, 7) is 6.57. The second-order valence-electron chi connectivity index (χ2n) is 12.9. The van der Waals surface area contributed by atoms with Gasteiger partial charge in [0, 0.05) is 49.1 Å². The Morgan fingerprint density at radius 3 is 2.04 bits per heavy atom. The molecule has 0 radical (unpaired) electrons. The Morgan fingerprint density at radius 1 is 0.891 bits per heavy atom. The Morgan fingerprint density at radius 2 is 1.48 bits per heavy atom. The summed E-state index contributed by atoms with van der Waals surface area (Å²) in [7, 11) is 0. The summed E-state index contributed by atoms with van der Waals surface area (Å²) < 4.78 is 5.11. The lowest BCUT2D eigenvalue weighted by atomic mass is 9.68. The van der Waals surface area contributed by atoms with Crippen LogP contribution < -0.4 is 5.32 Å². The molecule has 0 bridgehead atoms. The van der Waals surface area contributed by atoms with E-state index in [1.54, 1.807) is 0 Å². The Kier molecular flexibility index (Phi) is 11.9. The molecule has 2 heterocycles. The van der Waals surface area contributed by atoms with Gasteiger partial charge in [0.2, 0.25) is 5.91 Å². The van der Waals surface area contributed by atoms with Crippen molar-refractivity contribution in [1.29, 1.82) is 0 Å². The van der Waals surface area contributed by atoms with Gasteiger partial charge in [0.15, 0.2) is 0 Å². The highest BCUT2D eigenvalue weighted by Gasteiger charge is 2.38. The number of piperidine rings is 2.